The van der Waals surface area contributed by atoms with Crippen LogP contribution in [0.2, 0.25) is 0 Å². The van der Waals surface area contributed by atoms with Crippen molar-refractivity contribution >= 4 is 45.6 Å². The molecule has 8 heteroatoms. The molecule has 0 aliphatic rings. The van der Waals surface area contributed by atoms with E-state index in [1.807, 2.05) is 70.2 Å². The van der Waals surface area contributed by atoms with Crippen LogP contribution < -0.4 is 19.6 Å². The molecule has 49 heavy (non-hydrogen) atoms. The summed E-state index contributed by atoms with van der Waals surface area (Å²) in [5, 5.41) is 19.0. The Balaban J connectivity index is 1.51. The Morgan fingerprint density at radius 2 is 0.592 bits per heavy atom. The van der Waals surface area contributed by atoms with Gasteiger partial charge in [0.15, 0.2) is 0 Å². The summed E-state index contributed by atoms with van der Waals surface area (Å²) >= 11 is 0. The fraction of sp³-hybridized carbons (Fsp3) is 0.317. The van der Waals surface area contributed by atoms with Crippen molar-refractivity contribution in [1.82, 2.24) is 0 Å². The maximum absolute atomic E-state index is 4.79. The Labute approximate surface area is 293 Å². The minimum Gasteiger partial charge on any atom is -0.378 e. The highest BCUT2D eigenvalue weighted by Gasteiger charge is 2.11. The largest absolute Gasteiger partial charge is 0.378 e. The molecule has 4 rings (SSSR count). The van der Waals surface area contributed by atoms with Gasteiger partial charge in [-0.15, -0.1) is 10.2 Å². The van der Waals surface area contributed by atoms with E-state index in [4.69, 9.17) is 20.4 Å². The van der Waals surface area contributed by atoms with Gasteiger partial charge < -0.3 is 19.6 Å². The van der Waals surface area contributed by atoms with Gasteiger partial charge in [0, 0.05) is 113 Å². The number of hydrogen-bond donors (Lipinski definition) is 0. The molecule has 8 nitrogen and oxygen atoms in total. The van der Waals surface area contributed by atoms with Gasteiger partial charge in [-0.3, -0.25) is 0 Å². The van der Waals surface area contributed by atoms with Gasteiger partial charge in [0.05, 0.1) is 0 Å². The molecule has 4 aromatic rings. The summed E-state index contributed by atoms with van der Waals surface area (Å²) in [6.07, 6.45) is 2.54. The van der Waals surface area contributed by atoms with Gasteiger partial charge in [0.2, 0.25) is 0 Å². The van der Waals surface area contributed by atoms with Gasteiger partial charge in [-0.1, -0.05) is 48.5 Å². The lowest BCUT2D eigenvalue weighted by molar-refractivity contribution is 0.903. The molecule has 0 amide bonds. The molecule has 0 atom stereocenters. The smallest absolute Gasteiger partial charge is 0.100 e. The lowest BCUT2D eigenvalue weighted by atomic mass is 10.0. The number of nitrogens with zero attached hydrogens (tertiary/aromatic N) is 8. The van der Waals surface area contributed by atoms with Gasteiger partial charge in [0.25, 0.3) is 0 Å². The second-order valence-corrected chi connectivity index (χ2v) is 13.2. The van der Waals surface area contributed by atoms with E-state index in [2.05, 4.69) is 117 Å². The summed E-state index contributed by atoms with van der Waals surface area (Å²) in [5.41, 5.74) is 12.4. The third kappa shape index (κ3) is 10.4. The number of benzene rings is 4. The van der Waals surface area contributed by atoms with Crippen molar-refractivity contribution in [1.29, 1.82) is 0 Å². The van der Waals surface area contributed by atoms with Crippen LogP contribution in [-0.4, -0.2) is 79.2 Å². The van der Waals surface area contributed by atoms with Crippen LogP contribution in [0.4, 0.5) is 22.7 Å². The van der Waals surface area contributed by atoms with E-state index in [-0.39, 0.29) is 0 Å². The summed E-state index contributed by atoms with van der Waals surface area (Å²) in [6.45, 7) is 4.09. The van der Waals surface area contributed by atoms with Crippen LogP contribution in [0.5, 0.6) is 0 Å². The second kappa shape index (κ2) is 17.2. The Hall–Kier alpha value is -5.24. The standard InChI is InChI=1S/C41H52N8/c1-30(42-44-40(32-14-22-36(23-15-32)46(3)4)33-16-24-37(25-17-33)47(5)6)12-11-13-31(2)43-45-41(34-18-26-38(27-19-34)48(7)8)35-20-28-39(29-21-35)49(9)10/h14-29H,11-13H2,1-10H3/b42-30-,43-31+. The lowest BCUT2D eigenvalue weighted by Gasteiger charge is -2.15. The van der Waals surface area contributed by atoms with Gasteiger partial charge in [-0.05, 0) is 81.6 Å². The Bertz CT molecular complexity index is 1520. The molecule has 0 unspecified atom stereocenters. The second-order valence-electron chi connectivity index (χ2n) is 13.2. The Kier molecular flexibility index (Phi) is 12.9. The average Bonchev–Trinajstić information content (AvgIpc) is 3.09. The molecule has 0 heterocycles. The summed E-state index contributed by atoms with van der Waals surface area (Å²) in [5.74, 6) is 0. The van der Waals surface area contributed by atoms with Crippen molar-refractivity contribution in [3.8, 4) is 0 Å². The highest BCUT2D eigenvalue weighted by Crippen LogP contribution is 2.21. The first-order chi connectivity index (χ1) is 23.4. The molecule has 0 fully saturated rings. The van der Waals surface area contributed by atoms with Crippen molar-refractivity contribution in [2.45, 2.75) is 33.1 Å². The van der Waals surface area contributed by atoms with E-state index < -0.39 is 0 Å². The third-order valence-corrected chi connectivity index (χ3v) is 8.35. The van der Waals surface area contributed by atoms with Gasteiger partial charge in [-0.2, -0.15) is 10.2 Å². The molecule has 0 saturated carbocycles. The zero-order valence-corrected chi connectivity index (χ0v) is 30.9. The number of anilines is 4. The molecule has 256 valence electrons. The molecule has 0 aromatic heterocycles. The maximum atomic E-state index is 4.79. The first-order valence-corrected chi connectivity index (χ1v) is 16.8. The summed E-state index contributed by atoms with van der Waals surface area (Å²) in [6, 6.07) is 33.8. The topological polar surface area (TPSA) is 62.4 Å². The van der Waals surface area contributed by atoms with E-state index in [1.165, 1.54) is 0 Å². The molecule has 4 aromatic carbocycles. The average molecular weight is 657 g/mol. The maximum Gasteiger partial charge on any atom is 0.100 e. The third-order valence-electron chi connectivity index (χ3n) is 8.35. The zero-order chi connectivity index (χ0) is 35.5. The van der Waals surface area contributed by atoms with Crippen molar-refractivity contribution in [3.63, 3.8) is 0 Å². The minimum absolute atomic E-state index is 0.817. The quantitative estimate of drug-likeness (QED) is 0.101. The van der Waals surface area contributed by atoms with Crippen LogP contribution in [0.3, 0.4) is 0 Å². The lowest BCUT2D eigenvalue weighted by Crippen LogP contribution is -2.10. The normalized spacial score (nSPS) is 11.6. The molecule has 0 saturated heterocycles. The fourth-order valence-electron chi connectivity index (χ4n) is 5.20. The zero-order valence-electron chi connectivity index (χ0n) is 30.9. The van der Waals surface area contributed by atoms with Gasteiger partial charge in [0.1, 0.15) is 11.4 Å². The van der Waals surface area contributed by atoms with Crippen LogP contribution in [0.25, 0.3) is 0 Å². The summed E-state index contributed by atoms with van der Waals surface area (Å²) in [4.78, 5) is 8.38. The first-order valence-electron chi connectivity index (χ1n) is 16.8. The van der Waals surface area contributed by atoms with Crippen LogP contribution in [0.15, 0.2) is 117 Å². The van der Waals surface area contributed by atoms with Crippen LogP contribution >= 0.6 is 0 Å². The van der Waals surface area contributed by atoms with E-state index in [0.29, 0.717) is 0 Å². The SMILES string of the molecule is C/C(CCC/C(C)=N/N=C(c1ccc(N(C)C)cc1)c1ccc(N(C)C)cc1)=N/N=C(c1ccc(N(C)C)cc1)c1ccc(N(C)C)cc1. The van der Waals surface area contributed by atoms with Crippen molar-refractivity contribution in [2.75, 3.05) is 76.0 Å². The van der Waals surface area contributed by atoms with E-state index in [9.17, 15) is 0 Å². The van der Waals surface area contributed by atoms with Crippen molar-refractivity contribution in [2.24, 2.45) is 20.4 Å². The fourth-order valence-corrected chi connectivity index (χ4v) is 5.20. The Morgan fingerprint density at radius 3 is 0.796 bits per heavy atom. The predicted molar refractivity (Wildman–Crippen MR) is 214 cm³/mol. The predicted octanol–water partition coefficient (Wildman–Crippen LogP) is 8.25. The molecule has 0 aliphatic carbocycles. The summed E-state index contributed by atoms with van der Waals surface area (Å²) < 4.78 is 0. The minimum atomic E-state index is 0.817. The highest BCUT2D eigenvalue weighted by molar-refractivity contribution is 6.14. The number of rotatable bonds is 14. The molecular formula is C41H52N8. The van der Waals surface area contributed by atoms with Crippen molar-refractivity contribution < 1.29 is 0 Å². The molecule has 0 N–H and O–H groups in total. The van der Waals surface area contributed by atoms with Gasteiger partial charge in [-0.25, -0.2) is 0 Å². The molecule has 0 radical (unpaired) electrons. The van der Waals surface area contributed by atoms with Crippen molar-refractivity contribution in [3.05, 3.63) is 119 Å². The molecule has 0 spiro atoms. The molecule has 0 aliphatic heterocycles. The Morgan fingerprint density at radius 1 is 0.367 bits per heavy atom. The van der Waals surface area contributed by atoms with E-state index >= 15 is 0 Å². The summed E-state index contributed by atoms with van der Waals surface area (Å²) in [7, 11) is 16.4. The van der Waals surface area contributed by atoms with Crippen LogP contribution in [0.1, 0.15) is 55.4 Å². The first kappa shape index (κ1) is 36.6. The van der Waals surface area contributed by atoms with Crippen LogP contribution in [-0.2, 0) is 0 Å². The monoisotopic (exact) mass is 656 g/mol. The highest BCUT2D eigenvalue weighted by atomic mass is 15.2. The number of hydrogen-bond acceptors (Lipinski definition) is 8. The van der Waals surface area contributed by atoms with E-state index in [0.717, 1.165) is 87.1 Å². The molecular weight excluding hydrogens is 605 g/mol. The van der Waals surface area contributed by atoms with Gasteiger partial charge >= 0.3 is 0 Å². The van der Waals surface area contributed by atoms with E-state index in [1.54, 1.807) is 0 Å². The molecule has 0 bridgehead atoms. The van der Waals surface area contributed by atoms with Crippen LogP contribution in [0, 0.1) is 0 Å².